The van der Waals surface area contributed by atoms with Crippen LogP contribution in [0, 0.1) is 29.6 Å². The molecule has 2 aliphatic rings. The van der Waals surface area contributed by atoms with Crippen LogP contribution in [0.4, 0.5) is 0 Å². The van der Waals surface area contributed by atoms with Gasteiger partial charge in [0.1, 0.15) is 6.29 Å². The lowest BCUT2D eigenvalue weighted by molar-refractivity contribution is -0.112. The van der Waals surface area contributed by atoms with Crippen molar-refractivity contribution in [3.8, 4) is 0 Å². The summed E-state index contributed by atoms with van der Waals surface area (Å²) < 4.78 is 0. The van der Waals surface area contributed by atoms with Crippen LogP contribution in [-0.2, 0) is 4.79 Å². The largest absolute Gasteiger partial charge is 0.303 e. The van der Waals surface area contributed by atoms with E-state index < -0.39 is 0 Å². The van der Waals surface area contributed by atoms with E-state index in [4.69, 9.17) is 0 Å². The minimum absolute atomic E-state index is 0.383. The fraction of sp³-hybridized carbons (Fsp3) is 0.960. The fourth-order valence-corrected chi connectivity index (χ4v) is 5.91. The highest BCUT2D eigenvalue weighted by atomic mass is 16.1. The van der Waals surface area contributed by atoms with Crippen molar-refractivity contribution in [1.82, 2.24) is 0 Å². The number of hydrogen-bond donors (Lipinski definition) is 0. The van der Waals surface area contributed by atoms with Crippen LogP contribution in [0.3, 0.4) is 0 Å². The van der Waals surface area contributed by atoms with Gasteiger partial charge in [0.05, 0.1) is 0 Å². The second-order valence-corrected chi connectivity index (χ2v) is 9.88. The van der Waals surface area contributed by atoms with Crippen LogP contribution in [0.1, 0.15) is 123 Å². The van der Waals surface area contributed by atoms with Gasteiger partial charge in [0.15, 0.2) is 0 Å². The summed E-state index contributed by atoms with van der Waals surface area (Å²) in [5.41, 5.74) is 0. The van der Waals surface area contributed by atoms with Crippen molar-refractivity contribution in [3.05, 3.63) is 0 Å². The van der Waals surface area contributed by atoms with Crippen LogP contribution in [0.5, 0.6) is 0 Å². The van der Waals surface area contributed by atoms with Crippen LogP contribution < -0.4 is 0 Å². The molecule has 0 aromatic carbocycles. The van der Waals surface area contributed by atoms with E-state index in [1.807, 2.05) is 0 Å². The number of unbranched alkanes of at least 4 members (excludes halogenated alkanes) is 7. The quantitative estimate of drug-likeness (QED) is 0.254. The van der Waals surface area contributed by atoms with Crippen molar-refractivity contribution in [1.29, 1.82) is 0 Å². The van der Waals surface area contributed by atoms with Crippen LogP contribution in [-0.4, -0.2) is 6.29 Å². The van der Waals surface area contributed by atoms with Gasteiger partial charge in [-0.15, -0.1) is 0 Å². The van der Waals surface area contributed by atoms with Crippen molar-refractivity contribution in [2.45, 2.75) is 123 Å². The first kappa shape index (κ1) is 22.0. The van der Waals surface area contributed by atoms with Crippen LogP contribution >= 0.6 is 0 Å². The van der Waals surface area contributed by atoms with Crippen molar-refractivity contribution < 1.29 is 4.79 Å². The van der Waals surface area contributed by atoms with E-state index in [0.717, 1.165) is 30.1 Å². The Hall–Kier alpha value is -0.330. The molecule has 0 aromatic rings. The molecule has 4 unspecified atom stereocenters. The molecule has 152 valence electrons. The summed E-state index contributed by atoms with van der Waals surface area (Å²) >= 11 is 0. The van der Waals surface area contributed by atoms with E-state index >= 15 is 0 Å². The molecule has 1 nitrogen and oxygen atoms in total. The minimum atomic E-state index is 0.383. The van der Waals surface area contributed by atoms with Gasteiger partial charge in [0.25, 0.3) is 0 Å². The number of rotatable bonds is 12. The maximum atomic E-state index is 11.0. The van der Waals surface area contributed by atoms with Crippen LogP contribution in [0.25, 0.3) is 0 Å². The maximum Gasteiger partial charge on any atom is 0.123 e. The molecular weight excluding hydrogens is 316 g/mol. The zero-order valence-corrected chi connectivity index (χ0v) is 17.9. The summed E-state index contributed by atoms with van der Waals surface area (Å²) in [7, 11) is 0. The highest BCUT2D eigenvalue weighted by Gasteiger charge is 2.26. The molecular formula is C25H46O. The number of aldehydes is 1. The average molecular weight is 363 g/mol. The summed E-state index contributed by atoms with van der Waals surface area (Å²) in [4.78, 5) is 11.0. The summed E-state index contributed by atoms with van der Waals surface area (Å²) in [5.74, 6) is 4.20. The molecule has 0 N–H and O–H groups in total. The third kappa shape index (κ3) is 8.13. The predicted octanol–water partition coefficient (Wildman–Crippen LogP) is 7.97. The fourth-order valence-electron chi connectivity index (χ4n) is 5.91. The molecule has 0 radical (unpaired) electrons. The molecule has 1 heteroatoms. The van der Waals surface area contributed by atoms with Crippen molar-refractivity contribution in [3.63, 3.8) is 0 Å². The SMILES string of the molecule is CC1CCCC(C)C1CCCCCCCCCCC1CCCC(C=O)C1. The van der Waals surface area contributed by atoms with Gasteiger partial charge < -0.3 is 4.79 Å². The lowest BCUT2D eigenvalue weighted by Crippen LogP contribution is -2.24. The van der Waals surface area contributed by atoms with E-state index in [0.29, 0.717) is 5.92 Å². The van der Waals surface area contributed by atoms with Gasteiger partial charge in [-0.05, 0) is 42.9 Å². The average Bonchev–Trinajstić information content (AvgIpc) is 2.65. The number of carbonyl (C=O) groups is 1. The molecule has 0 amide bonds. The van der Waals surface area contributed by atoms with Crippen molar-refractivity contribution in [2.75, 3.05) is 0 Å². The normalized spacial score (nSPS) is 32.5. The molecule has 4 atom stereocenters. The first-order valence-corrected chi connectivity index (χ1v) is 12.2. The molecule has 2 aliphatic carbocycles. The second kappa shape index (κ2) is 12.9. The van der Waals surface area contributed by atoms with Gasteiger partial charge in [0.2, 0.25) is 0 Å². The predicted molar refractivity (Wildman–Crippen MR) is 113 cm³/mol. The maximum absolute atomic E-state index is 11.0. The van der Waals surface area contributed by atoms with Gasteiger partial charge in [-0.3, -0.25) is 0 Å². The molecule has 0 bridgehead atoms. The van der Waals surface area contributed by atoms with E-state index in [-0.39, 0.29) is 0 Å². The first-order valence-electron chi connectivity index (χ1n) is 12.2. The lowest BCUT2D eigenvalue weighted by Gasteiger charge is -2.34. The highest BCUT2D eigenvalue weighted by Crippen LogP contribution is 2.37. The monoisotopic (exact) mass is 362 g/mol. The molecule has 0 aliphatic heterocycles. The Morgan fingerprint density at radius 1 is 0.692 bits per heavy atom. The zero-order valence-electron chi connectivity index (χ0n) is 17.9. The van der Waals surface area contributed by atoms with E-state index in [1.54, 1.807) is 0 Å². The molecule has 0 heterocycles. The third-order valence-corrected chi connectivity index (χ3v) is 7.70. The second-order valence-electron chi connectivity index (χ2n) is 9.88. The Labute approximate surface area is 164 Å². The molecule has 26 heavy (non-hydrogen) atoms. The topological polar surface area (TPSA) is 17.1 Å². The van der Waals surface area contributed by atoms with Crippen LogP contribution in [0.2, 0.25) is 0 Å². The highest BCUT2D eigenvalue weighted by molar-refractivity contribution is 5.53. The zero-order chi connectivity index (χ0) is 18.6. The van der Waals surface area contributed by atoms with Gasteiger partial charge in [-0.25, -0.2) is 0 Å². The Balaban J connectivity index is 1.37. The Kier molecular flexibility index (Phi) is 10.9. The Morgan fingerprint density at radius 3 is 1.85 bits per heavy atom. The molecule has 2 fully saturated rings. The summed E-state index contributed by atoms with van der Waals surface area (Å²) in [5, 5.41) is 0. The van der Waals surface area contributed by atoms with E-state index in [9.17, 15) is 4.79 Å². The molecule has 0 aromatic heterocycles. The van der Waals surface area contributed by atoms with Crippen LogP contribution in [0.15, 0.2) is 0 Å². The van der Waals surface area contributed by atoms with Crippen molar-refractivity contribution in [2.24, 2.45) is 29.6 Å². The minimum Gasteiger partial charge on any atom is -0.303 e. The molecule has 2 saturated carbocycles. The van der Waals surface area contributed by atoms with E-state index in [1.165, 1.54) is 109 Å². The summed E-state index contributed by atoms with van der Waals surface area (Å²) in [6.07, 6.45) is 25.0. The Bertz CT molecular complexity index is 353. The van der Waals surface area contributed by atoms with Gasteiger partial charge >= 0.3 is 0 Å². The van der Waals surface area contributed by atoms with Gasteiger partial charge in [-0.1, -0.05) is 104 Å². The first-order chi connectivity index (χ1) is 12.7. The summed E-state index contributed by atoms with van der Waals surface area (Å²) in [6.45, 7) is 4.99. The molecule has 2 rings (SSSR count). The third-order valence-electron chi connectivity index (χ3n) is 7.70. The summed E-state index contributed by atoms with van der Waals surface area (Å²) in [6, 6.07) is 0. The molecule has 0 spiro atoms. The molecule has 0 saturated heterocycles. The smallest absolute Gasteiger partial charge is 0.123 e. The number of hydrogen-bond acceptors (Lipinski definition) is 1. The standard InChI is InChI=1S/C25H46O/c1-21-13-11-14-22(2)25(21)18-10-8-6-4-3-5-7-9-15-23-16-12-17-24(19-23)20-26/h20-25H,3-19H2,1-2H3. The lowest BCUT2D eigenvalue weighted by atomic mass is 9.71. The van der Waals surface area contributed by atoms with E-state index in [2.05, 4.69) is 13.8 Å². The van der Waals surface area contributed by atoms with Crippen molar-refractivity contribution >= 4 is 6.29 Å². The van der Waals surface area contributed by atoms with Gasteiger partial charge in [-0.2, -0.15) is 0 Å². The number of carbonyl (C=O) groups excluding carboxylic acids is 1. The van der Waals surface area contributed by atoms with Gasteiger partial charge in [0, 0.05) is 5.92 Å². The Morgan fingerprint density at radius 2 is 1.23 bits per heavy atom.